The molecule has 8 aromatic rings. The predicted octanol–water partition coefficient (Wildman–Crippen LogP) is 12.9. The van der Waals surface area contributed by atoms with Gasteiger partial charge in [0.2, 0.25) is 0 Å². The Balaban J connectivity index is 0.776. The molecule has 0 spiro atoms. The monoisotopic (exact) mass is 769 g/mol. The highest BCUT2D eigenvalue weighted by Gasteiger charge is 2.22. The quantitative estimate of drug-likeness (QED) is 0.163. The maximum atomic E-state index is 5.27. The number of fused-ring (bicyclic) bond motifs is 7. The molecule has 3 unspecified atom stereocenters. The number of allylic oxidation sites excluding steroid dienone is 4. The van der Waals surface area contributed by atoms with Gasteiger partial charge in [0.05, 0.1) is 46.2 Å². The first-order valence-electron chi connectivity index (χ1n) is 20.7. The maximum absolute atomic E-state index is 5.27. The Morgan fingerprint density at radius 1 is 0.467 bits per heavy atom. The van der Waals surface area contributed by atoms with Gasteiger partial charge in [-0.15, -0.1) is 0 Å². The zero-order valence-corrected chi connectivity index (χ0v) is 32.7. The Morgan fingerprint density at radius 3 is 2.18 bits per heavy atom. The fourth-order valence-corrected chi connectivity index (χ4v) is 9.00. The summed E-state index contributed by atoms with van der Waals surface area (Å²) < 4.78 is 0. The lowest BCUT2D eigenvalue weighted by molar-refractivity contribution is 0.815. The molecule has 0 radical (unpaired) electrons. The van der Waals surface area contributed by atoms with Gasteiger partial charge in [0, 0.05) is 27.7 Å². The van der Waals surface area contributed by atoms with Crippen LogP contribution >= 0.6 is 0 Å². The fourth-order valence-electron chi connectivity index (χ4n) is 9.00. The first-order valence-corrected chi connectivity index (χ1v) is 20.7. The van der Waals surface area contributed by atoms with E-state index in [2.05, 4.69) is 216 Å². The molecule has 3 atom stereocenters. The molecule has 5 heterocycles. The van der Waals surface area contributed by atoms with Crippen LogP contribution in [0.3, 0.4) is 0 Å². The molecule has 5 nitrogen and oxygen atoms in total. The van der Waals surface area contributed by atoms with Crippen molar-refractivity contribution in [2.24, 2.45) is 0 Å². The highest BCUT2D eigenvalue weighted by atomic mass is 15.0. The second-order valence-corrected chi connectivity index (χ2v) is 16.0. The van der Waals surface area contributed by atoms with Crippen molar-refractivity contribution < 1.29 is 0 Å². The molecule has 0 fully saturated rings. The van der Waals surface area contributed by atoms with Crippen LogP contribution in [0.25, 0.3) is 67.3 Å². The summed E-state index contributed by atoms with van der Waals surface area (Å²) in [5.41, 5.74) is 16.6. The van der Waals surface area contributed by atoms with E-state index < -0.39 is 0 Å². The number of nitrogens with one attached hydrogen (secondary N) is 3. The molecule has 60 heavy (non-hydrogen) atoms. The molecule has 5 heteroatoms. The van der Waals surface area contributed by atoms with E-state index in [1.165, 1.54) is 38.6 Å². The number of aromatic nitrogens is 2. The zero-order valence-electron chi connectivity index (χ0n) is 32.7. The number of anilines is 2. The number of nitrogens with zero attached hydrogens (tertiary/aromatic N) is 2. The van der Waals surface area contributed by atoms with Gasteiger partial charge in [-0.1, -0.05) is 164 Å². The minimum atomic E-state index is 0.0244. The van der Waals surface area contributed by atoms with Crippen LogP contribution in [0.1, 0.15) is 45.6 Å². The average molecular weight is 770 g/mol. The Bertz CT molecular complexity index is 3250. The summed E-state index contributed by atoms with van der Waals surface area (Å²) in [5.74, 6) is 0. The van der Waals surface area contributed by atoms with Gasteiger partial charge in [0.15, 0.2) is 0 Å². The third-order valence-corrected chi connectivity index (χ3v) is 12.3. The van der Waals surface area contributed by atoms with Gasteiger partial charge >= 0.3 is 0 Å². The molecule has 0 bridgehead atoms. The zero-order chi connectivity index (χ0) is 39.6. The van der Waals surface area contributed by atoms with E-state index in [4.69, 9.17) is 9.97 Å². The van der Waals surface area contributed by atoms with Gasteiger partial charge in [-0.3, -0.25) is 4.98 Å². The number of hydrogen-bond acceptors (Lipinski definition) is 5. The van der Waals surface area contributed by atoms with Crippen molar-refractivity contribution in [1.82, 2.24) is 15.3 Å². The van der Waals surface area contributed by atoms with Crippen LogP contribution in [0.5, 0.6) is 0 Å². The van der Waals surface area contributed by atoms with Gasteiger partial charge in [-0.25, -0.2) is 4.98 Å². The molecule has 3 N–H and O–H groups in total. The number of dihydropyridines is 1. The molecule has 1 aliphatic carbocycles. The molecule has 6 aromatic carbocycles. The smallest absolute Gasteiger partial charge is 0.0947 e. The van der Waals surface area contributed by atoms with Gasteiger partial charge in [-0.05, 0) is 86.1 Å². The Kier molecular flexibility index (Phi) is 7.98. The molecule has 0 amide bonds. The Morgan fingerprint density at radius 2 is 1.23 bits per heavy atom. The summed E-state index contributed by atoms with van der Waals surface area (Å²) in [5, 5.41) is 16.0. The molecule has 3 aliphatic heterocycles. The SMILES string of the molecule is C1=CC2=CC=C(c3ccc4ccc(C5C=Cc6ccccc6N5)nc4c3)NC2C=C1c1ccc(-c2ccc3ccc4c(c3n2)NC(c2ccc3ccccc3c2)C=C4)cc1. The van der Waals surface area contributed by atoms with Gasteiger partial charge in [0.1, 0.15) is 0 Å². The number of hydrogen-bond donors (Lipinski definition) is 3. The van der Waals surface area contributed by atoms with Gasteiger partial charge in [0.25, 0.3) is 0 Å². The summed E-state index contributed by atoms with van der Waals surface area (Å²) in [4.78, 5) is 10.4. The minimum absolute atomic E-state index is 0.0244. The van der Waals surface area contributed by atoms with Crippen molar-refractivity contribution in [3.63, 3.8) is 0 Å². The topological polar surface area (TPSA) is 61.9 Å². The number of para-hydroxylation sites is 1. The summed E-state index contributed by atoms with van der Waals surface area (Å²) in [7, 11) is 0. The second kappa shape index (κ2) is 14.0. The van der Waals surface area contributed by atoms with Crippen molar-refractivity contribution >= 4 is 67.4 Å². The van der Waals surface area contributed by atoms with Crippen LogP contribution in [0, 0.1) is 0 Å². The summed E-state index contributed by atoms with van der Waals surface area (Å²) in [6.07, 6.45) is 20.0. The predicted molar refractivity (Wildman–Crippen MR) is 250 cm³/mol. The molecule has 4 aliphatic rings. The summed E-state index contributed by atoms with van der Waals surface area (Å²) >= 11 is 0. The highest BCUT2D eigenvalue weighted by Crippen LogP contribution is 2.38. The normalized spacial score (nSPS) is 18.7. The van der Waals surface area contributed by atoms with Crippen molar-refractivity contribution in [2.45, 2.75) is 18.1 Å². The molecule has 2 aromatic heterocycles. The molecule has 12 rings (SSSR count). The number of rotatable bonds is 5. The van der Waals surface area contributed by atoms with E-state index in [0.717, 1.165) is 67.0 Å². The van der Waals surface area contributed by atoms with Crippen molar-refractivity contribution in [3.05, 3.63) is 227 Å². The second-order valence-electron chi connectivity index (χ2n) is 16.0. The third kappa shape index (κ3) is 6.11. The average Bonchev–Trinajstić information content (AvgIpc) is 3.32. The van der Waals surface area contributed by atoms with E-state index in [1.807, 2.05) is 0 Å². The van der Waals surface area contributed by atoms with Crippen LogP contribution in [0.15, 0.2) is 194 Å². The lowest BCUT2D eigenvalue weighted by atomic mass is 9.90. The number of pyridine rings is 2. The largest absolute Gasteiger partial charge is 0.374 e. The molecular weight excluding hydrogens is 731 g/mol. The van der Waals surface area contributed by atoms with Crippen LogP contribution in [-0.4, -0.2) is 16.0 Å². The first kappa shape index (κ1) is 34.3. The van der Waals surface area contributed by atoms with Crippen LogP contribution in [-0.2, 0) is 0 Å². The van der Waals surface area contributed by atoms with E-state index in [0.29, 0.717) is 0 Å². The van der Waals surface area contributed by atoms with E-state index in [-0.39, 0.29) is 18.1 Å². The van der Waals surface area contributed by atoms with E-state index in [1.54, 1.807) is 0 Å². The third-order valence-electron chi connectivity index (χ3n) is 12.3. The lowest BCUT2D eigenvalue weighted by Crippen LogP contribution is -2.31. The summed E-state index contributed by atoms with van der Waals surface area (Å²) in [6, 6.07) is 52.1. The van der Waals surface area contributed by atoms with Crippen molar-refractivity contribution in [1.29, 1.82) is 0 Å². The Labute approximate surface area is 348 Å². The van der Waals surface area contributed by atoms with Gasteiger partial charge in [-0.2, -0.15) is 0 Å². The maximum Gasteiger partial charge on any atom is 0.0947 e. The fraction of sp³-hybridized carbons (Fsp3) is 0.0545. The van der Waals surface area contributed by atoms with Crippen molar-refractivity contribution in [2.75, 3.05) is 10.6 Å². The van der Waals surface area contributed by atoms with Crippen LogP contribution in [0.4, 0.5) is 11.4 Å². The minimum Gasteiger partial charge on any atom is -0.374 e. The molecule has 284 valence electrons. The van der Waals surface area contributed by atoms with Gasteiger partial charge < -0.3 is 16.0 Å². The molecule has 0 saturated carbocycles. The molecule has 0 saturated heterocycles. The standard InChI is InChI=1S/C55H39N5/c1-2-7-42-31-44(19-11-34(42)5-1)49-28-25-41-17-16-40-24-27-47(59-54(40)55(41)60-49)37-12-9-35(10-13-37)43-18-14-38-21-26-48(57-52(38)32-43)45-20-15-39-23-30-51(58-53(39)33-45)50-29-22-36-6-3-4-8-46(36)56-50/h1-33,49-50,52,56-57,60H. The van der Waals surface area contributed by atoms with Crippen LogP contribution in [0.2, 0.25) is 0 Å². The highest BCUT2D eigenvalue weighted by molar-refractivity contribution is 5.98. The van der Waals surface area contributed by atoms with Crippen molar-refractivity contribution in [3.8, 4) is 11.3 Å². The van der Waals surface area contributed by atoms with Crippen LogP contribution < -0.4 is 16.0 Å². The number of benzene rings is 6. The summed E-state index contributed by atoms with van der Waals surface area (Å²) in [6.45, 7) is 0. The Hall–Kier alpha value is -7.76. The lowest BCUT2D eigenvalue weighted by Gasteiger charge is -2.27. The van der Waals surface area contributed by atoms with E-state index in [9.17, 15) is 0 Å². The van der Waals surface area contributed by atoms with E-state index >= 15 is 0 Å². The first-order chi connectivity index (χ1) is 29.6. The molecular formula is C55H39N5.